The van der Waals surface area contributed by atoms with E-state index in [0.717, 1.165) is 24.9 Å². The summed E-state index contributed by atoms with van der Waals surface area (Å²) in [4.78, 5) is 22.1. The summed E-state index contributed by atoms with van der Waals surface area (Å²) in [5, 5.41) is 3.19. The third-order valence-corrected chi connectivity index (χ3v) is 4.18. The van der Waals surface area contributed by atoms with E-state index in [1.165, 1.54) is 12.3 Å². The summed E-state index contributed by atoms with van der Waals surface area (Å²) in [5.41, 5.74) is 0.763. The predicted molar refractivity (Wildman–Crippen MR) is 112 cm³/mol. The molecule has 1 aliphatic rings. The molecule has 29 heavy (non-hydrogen) atoms. The van der Waals surface area contributed by atoms with E-state index in [1.807, 2.05) is 4.90 Å². The fourth-order valence-corrected chi connectivity index (χ4v) is 2.89. The van der Waals surface area contributed by atoms with Crippen molar-refractivity contribution in [2.75, 3.05) is 33.4 Å². The zero-order valence-corrected chi connectivity index (χ0v) is 18.7. The fourth-order valence-electron chi connectivity index (χ4n) is 2.89. The van der Waals surface area contributed by atoms with Crippen LogP contribution in [-0.2, 0) is 16.1 Å². The molecule has 7 nitrogen and oxygen atoms in total. The first-order chi connectivity index (χ1) is 13.3. The number of hydrogen-bond donors (Lipinski definition) is 1. The van der Waals surface area contributed by atoms with Crippen LogP contribution < -0.4 is 10.1 Å². The Labute approximate surface area is 185 Å². The molecule has 1 aromatic rings. The minimum atomic E-state index is -4.40. The third-order valence-electron chi connectivity index (χ3n) is 4.18. The van der Waals surface area contributed by atoms with E-state index in [4.69, 9.17) is 4.74 Å². The smallest absolute Gasteiger partial charge is 0.422 e. The van der Waals surface area contributed by atoms with E-state index in [0.29, 0.717) is 25.7 Å². The average Bonchev–Trinajstić information content (AvgIpc) is 2.67. The van der Waals surface area contributed by atoms with Crippen LogP contribution in [0.5, 0.6) is 5.88 Å². The second-order valence-corrected chi connectivity index (χ2v) is 6.35. The molecule has 164 valence electrons. The first kappa shape index (κ1) is 25.2. The lowest BCUT2D eigenvalue weighted by Gasteiger charge is -2.33. The van der Waals surface area contributed by atoms with Gasteiger partial charge in [0.1, 0.15) is 0 Å². The number of hydrogen-bond acceptors (Lipinski definition) is 5. The van der Waals surface area contributed by atoms with Crippen LogP contribution in [0.3, 0.4) is 0 Å². The van der Waals surface area contributed by atoms with Crippen molar-refractivity contribution in [1.82, 2.24) is 15.2 Å². The van der Waals surface area contributed by atoms with Crippen molar-refractivity contribution in [2.24, 2.45) is 10.9 Å². The molecule has 0 aromatic carbocycles. The largest absolute Gasteiger partial charge is 0.468 e. The number of esters is 1. The lowest BCUT2D eigenvalue weighted by atomic mass is 9.98. The van der Waals surface area contributed by atoms with Crippen LogP contribution in [0.2, 0.25) is 0 Å². The predicted octanol–water partition coefficient (Wildman–Crippen LogP) is 2.99. The van der Waals surface area contributed by atoms with Crippen LogP contribution in [0.1, 0.15) is 25.3 Å². The van der Waals surface area contributed by atoms with Gasteiger partial charge in [0.15, 0.2) is 12.6 Å². The van der Waals surface area contributed by atoms with Crippen molar-refractivity contribution in [3.63, 3.8) is 0 Å². The molecule has 11 heteroatoms. The van der Waals surface area contributed by atoms with Crippen molar-refractivity contribution in [1.29, 1.82) is 0 Å². The number of carbonyl (C=O) groups excluding carboxylic acids is 1. The highest BCUT2D eigenvalue weighted by molar-refractivity contribution is 14.0. The zero-order chi connectivity index (χ0) is 20.6. The van der Waals surface area contributed by atoms with Crippen molar-refractivity contribution >= 4 is 35.9 Å². The van der Waals surface area contributed by atoms with Crippen molar-refractivity contribution in [3.8, 4) is 5.88 Å². The summed E-state index contributed by atoms with van der Waals surface area (Å²) in [5.74, 6) is 0.186. The van der Waals surface area contributed by atoms with Gasteiger partial charge < -0.3 is 19.7 Å². The molecule has 0 aliphatic carbocycles. The molecule has 2 heterocycles. The van der Waals surface area contributed by atoms with E-state index < -0.39 is 12.8 Å². The molecule has 1 aliphatic heterocycles. The Kier molecular flexibility index (Phi) is 10.5. The number of halogens is 4. The number of nitrogens with zero attached hydrogens (tertiary/aromatic N) is 3. The number of nitrogens with one attached hydrogen (secondary N) is 1. The molecule has 1 fully saturated rings. The molecule has 1 aromatic heterocycles. The summed E-state index contributed by atoms with van der Waals surface area (Å²) in [6.07, 6.45) is -1.31. The van der Waals surface area contributed by atoms with Crippen LogP contribution in [0.15, 0.2) is 23.3 Å². The summed E-state index contributed by atoms with van der Waals surface area (Å²) in [6.45, 7) is 2.46. The minimum Gasteiger partial charge on any atom is -0.468 e. The molecule has 0 spiro atoms. The van der Waals surface area contributed by atoms with Gasteiger partial charge in [-0.05, 0) is 25.3 Å². The van der Waals surface area contributed by atoms with Gasteiger partial charge in [-0.1, -0.05) is 6.07 Å². The quantitative estimate of drug-likeness (QED) is 0.264. The molecule has 1 atom stereocenters. The number of likely N-dealkylation sites (tertiary alicyclic amines) is 1. The van der Waals surface area contributed by atoms with Crippen LogP contribution in [-0.4, -0.2) is 61.3 Å². The first-order valence-electron chi connectivity index (χ1n) is 9.09. The Morgan fingerprint density at radius 1 is 1.41 bits per heavy atom. The number of carbonyl (C=O) groups is 1. The Balaban J connectivity index is 0.00000420. The molecule has 0 radical (unpaired) electrons. The number of guanidine groups is 1. The van der Waals surface area contributed by atoms with Crippen molar-refractivity contribution < 1.29 is 27.4 Å². The number of piperidine rings is 1. The summed E-state index contributed by atoms with van der Waals surface area (Å²) >= 11 is 0. The number of ether oxygens (including phenoxy) is 2. The number of aliphatic imine (C=N–C) groups is 1. The van der Waals surface area contributed by atoms with E-state index in [2.05, 4.69) is 20.0 Å². The molecular formula is C18H26F3IN4O3. The molecule has 2 rings (SSSR count). The number of pyridine rings is 1. The summed E-state index contributed by atoms with van der Waals surface area (Å²) in [6, 6.07) is 3.03. The van der Waals surface area contributed by atoms with E-state index in [-0.39, 0.29) is 41.7 Å². The van der Waals surface area contributed by atoms with Crippen LogP contribution in [0.4, 0.5) is 13.2 Å². The van der Waals surface area contributed by atoms with Gasteiger partial charge in [0.05, 0.1) is 12.5 Å². The molecule has 0 bridgehead atoms. The maximum Gasteiger partial charge on any atom is 0.422 e. The van der Waals surface area contributed by atoms with Gasteiger partial charge in [-0.25, -0.2) is 4.98 Å². The molecule has 0 saturated carbocycles. The highest BCUT2D eigenvalue weighted by atomic mass is 127. The second-order valence-electron chi connectivity index (χ2n) is 6.35. The summed E-state index contributed by atoms with van der Waals surface area (Å²) in [7, 11) is 1.66. The first-order valence-corrected chi connectivity index (χ1v) is 9.09. The lowest BCUT2D eigenvalue weighted by molar-refractivity contribution is -0.154. The Morgan fingerprint density at radius 2 is 2.17 bits per heavy atom. The fraction of sp³-hybridized carbons (Fsp3) is 0.611. The van der Waals surface area contributed by atoms with Gasteiger partial charge in [0.25, 0.3) is 0 Å². The minimum absolute atomic E-state index is 0. The molecule has 1 unspecified atom stereocenters. The molecule has 1 N–H and O–H groups in total. The number of rotatable bonds is 6. The molecule has 1 saturated heterocycles. The third kappa shape index (κ3) is 8.62. The monoisotopic (exact) mass is 530 g/mol. The van der Waals surface area contributed by atoms with Gasteiger partial charge in [-0.2, -0.15) is 13.2 Å². The average molecular weight is 530 g/mol. The van der Waals surface area contributed by atoms with E-state index in [1.54, 1.807) is 20.0 Å². The second kappa shape index (κ2) is 12.0. The van der Waals surface area contributed by atoms with Gasteiger partial charge in [-0.3, -0.25) is 9.79 Å². The SMILES string of the molecule is CCOC(=O)C1CCCN(C(=NC)NCc2ccc(OCC(F)(F)F)nc2)C1.I. The molecular weight excluding hydrogens is 504 g/mol. The van der Waals surface area contributed by atoms with Crippen LogP contribution in [0.25, 0.3) is 0 Å². The maximum absolute atomic E-state index is 12.2. The highest BCUT2D eigenvalue weighted by Crippen LogP contribution is 2.19. The Hall–Kier alpha value is -1.79. The Morgan fingerprint density at radius 3 is 2.76 bits per heavy atom. The van der Waals surface area contributed by atoms with Gasteiger partial charge >= 0.3 is 12.1 Å². The highest BCUT2D eigenvalue weighted by Gasteiger charge is 2.29. The van der Waals surface area contributed by atoms with E-state index >= 15 is 0 Å². The van der Waals surface area contributed by atoms with Gasteiger partial charge in [0.2, 0.25) is 5.88 Å². The zero-order valence-electron chi connectivity index (χ0n) is 16.4. The van der Waals surface area contributed by atoms with Crippen LogP contribution >= 0.6 is 24.0 Å². The maximum atomic E-state index is 12.2. The number of alkyl halides is 3. The topological polar surface area (TPSA) is 76.0 Å². The lowest BCUT2D eigenvalue weighted by Crippen LogP contribution is -2.48. The van der Waals surface area contributed by atoms with Gasteiger partial charge in [0, 0.05) is 38.9 Å². The van der Waals surface area contributed by atoms with Gasteiger partial charge in [-0.15, -0.1) is 24.0 Å². The summed E-state index contributed by atoms with van der Waals surface area (Å²) < 4.78 is 46.2. The Bertz CT molecular complexity index is 671. The van der Waals surface area contributed by atoms with Crippen molar-refractivity contribution in [2.45, 2.75) is 32.5 Å². The standard InChI is InChI=1S/C18H25F3N4O3.HI/c1-3-27-16(26)14-5-4-8-25(11-14)17(22-2)24-10-13-6-7-15(23-9-13)28-12-18(19,20)21;/h6-7,9,14H,3-5,8,10-12H2,1-2H3,(H,22,24);1H. The molecule has 0 amide bonds. The van der Waals surface area contributed by atoms with E-state index in [9.17, 15) is 18.0 Å². The van der Waals surface area contributed by atoms with Crippen LogP contribution in [0, 0.1) is 5.92 Å². The number of aromatic nitrogens is 1. The van der Waals surface area contributed by atoms with Crippen molar-refractivity contribution in [3.05, 3.63) is 23.9 Å². The normalized spacial score (nSPS) is 17.3.